The smallest absolute Gasteiger partial charge is 0.336 e. The predicted octanol–water partition coefficient (Wildman–Crippen LogP) is 5.46. The van der Waals surface area contributed by atoms with Gasteiger partial charge in [0.2, 0.25) is 0 Å². The van der Waals surface area contributed by atoms with Crippen LogP contribution in [-0.4, -0.2) is 11.1 Å². The Morgan fingerprint density at radius 2 is 1.52 bits per heavy atom. The topological polar surface area (TPSA) is 37.3 Å². The molecule has 0 saturated heterocycles. The quantitative estimate of drug-likeness (QED) is 0.694. The molecule has 0 aliphatic heterocycles. The third kappa shape index (κ3) is 2.87. The van der Waals surface area contributed by atoms with Crippen molar-refractivity contribution in [2.24, 2.45) is 0 Å². The monoisotopic (exact) mass is 326 g/mol. The molecule has 0 unspecified atom stereocenters. The van der Waals surface area contributed by atoms with Crippen LogP contribution >= 0.6 is 0 Å². The normalized spacial score (nSPS) is 12.6. The number of carboxylic acid groups (broad SMARTS) is 1. The van der Waals surface area contributed by atoms with Gasteiger partial charge in [0, 0.05) is 0 Å². The van der Waals surface area contributed by atoms with E-state index in [2.05, 4.69) is 48.5 Å². The van der Waals surface area contributed by atoms with Crippen molar-refractivity contribution in [1.82, 2.24) is 0 Å². The van der Waals surface area contributed by atoms with Crippen molar-refractivity contribution >= 4 is 17.6 Å². The third-order valence-corrected chi connectivity index (χ3v) is 4.72. The summed E-state index contributed by atoms with van der Waals surface area (Å²) in [6, 6.07) is 22.6. The molecule has 4 rings (SSSR count). The molecule has 3 aromatic carbocycles. The fourth-order valence-electron chi connectivity index (χ4n) is 3.48. The molecule has 0 amide bonds. The summed E-state index contributed by atoms with van der Waals surface area (Å²) in [4.78, 5) is 11.5. The van der Waals surface area contributed by atoms with Crippen LogP contribution in [0.1, 0.15) is 32.6 Å². The second kappa shape index (κ2) is 6.06. The van der Waals surface area contributed by atoms with Crippen LogP contribution in [0.2, 0.25) is 0 Å². The molecule has 1 aliphatic rings. The number of carbonyl (C=O) groups is 1. The van der Waals surface area contributed by atoms with Crippen molar-refractivity contribution in [3.05, 3.63) is 94.5 Å². The zero-order chi connectivity index (χ0) is 17.4. The average Bonchev–Trinajstić information content (AvgIpc) is 3.05. The summed E-state index contributed by atoms with van der Waals surface area (Å²) in [7, 11) is 0. The fraction of sp³-hybridized carbons (Fsp3) is 0.0870. The maximum absolute atomic E-state index is 11.5. The highest BCUT2D eigenvalue weighted by molar-refractivity contribution is 5.97. The number of allylic oxidation sites excluding steroid dienone is 1. The van der Waals surface area contributed by atoms with E-state index in [0.29, 0.717) is 12.0 Å². The molecule has 2 nitrogen and oxygen atoms in total. The predicted molar refractivity (Wildman–Crippen MR) is 102 cm³/mol. The van der Waals surface area contributed by atoms with Gasteiger partial charge in [-0.25, -0.2) is 4.79 Å². The van der Waals surface area contributed by atoms with Gasteiger partial charge in [-0.2, -0.15) is 0 Å². The standard InChI is InChI=1S/C23H18O2/c1-15-11-20-13-19(14-21(20)22(12-15)23(24)25)18-9-7-17(8-10-18)16-5-3-2-4-6-16/h2-13H,14H2,1H3,(H,24,25). The van der Waals surface area contributed by atoms with Crippen LogP contribution in [-0.2, 0) is 6.42 Å². The Balaban J connectivity index is 1.67. The molecule has 122 valence electrons. The summed E-state index contributed by atoms with van der Waals surface area (Å²) >= 11 is 0. The molecule has 3 aromatic rings. The van der Waals surface area contributed by atoms with Crippen molar-refractivity contribution in [3.63, 3.8) is 0 Å². The molecule has 0 bridgehead atoms. The van der Waals surface area contributed by atoms with E-state index in [1.165, 1.54) is 16.7 Å². The number of hydrogen-bond acceptors (Lipinski definition) is 1. The first-order valence-corrected chi connectivity index (χ1v) is 8.35. The number of fused-ring (bicyclic) bond motifs is 1. The van der Waals surface area contributed by atoms with Crippen LogP contribution in [0.4, 0.5) is 0 Å². The average molecular weight is 326 g/mol. The molecule has 0 spiro atoms. The summed E-state index contributed by atoms with van der Waals surface area (Å²) in [6.07, 6.45) is 2.79. The van der Waals surface area contributed by atoms with E-state index >= 15 is 0 Å². The Morgan fingerprint density at radius 1 is 0.880 bits per heavy atom. The van der Waals surface area contributed by atoms with Crippen molar-refractivity contribution in [1.29, 1.82) is 0 Å². The van der Waals surface area contributed by atoms with Gasteiger partial charge in [0.25, 0.3) is 0 Å². The minimum absolute atomic E-state index is 0.419. The van der Waals surface area contributed by atoms with Crippen LogP contribution in [0, 0.1) is 6.92 Å². The lowest BCUT2D eigenvalue weighted by Gasteiger charge is -2.07. The molecule has 0 fully saturated rings. The molecule has 2 heteroatoms. The summed E-state index contributed by atoms with van der Waals surface area (Å²) in [6.45, 7) is 1.94. The van der Waals surface area contributed by atoms with Crippen molar-refractivity contribution in [3.8, 4) is 11.1 Å². The lowest BCUT2D eigenvalue weighted by Crippen LogP contribution is -2.03. The summed E-state index contributed by atoms with van der Waals surface area (Å²) in [5, 5.41) is 9.47. The Bertz CT molecular complexity index is 981. The van der Waals surface area contributed by atoms with Gasteiger partial charge in [-0.1, -0.05) is 66.7 Å². The van der Waals surface area contributed by atoms with Gasteiger partial charge in [-0.15, -0.1) is 0 Å². The minimum Gasteiger partial charge on any atom is -0.478 e. The lowest BCUT2D eigenvalue weighted by molar-refractivity contribution is 0.0696. The Kier molecular flexibility index (Phi) is 3.73. The van der Waals surface area contributed by atoms with E-state index in [4.69, 9.17) is 0 Å². The highest BCUT2D eigenvalue weighted by atomic mass is 16.4. The molecular formula is C23H18O2. The van der Waals surface area contributed by atoms with Gasteiger partial charge in [0.05, 0.1) is 5.56 Å². The number of aromatic carboxylic acids is 1. The van der Waals surface area contributed by atoms with Crippen LogP contribution in [0.25, 0.3) is 22.8 Å². The van der Waals surface area contributed by atoms with Gasteiger partial charge in [0.1, 0.15) is 0 Å². The fourth-order valence-corrected chi connectivity index (χ4v) is 3.48. The maximum Gasteiger partial charge on any atom is 0.336 e. The number of rotatable bonds is 3. The largest absolute Gasteiger partial charge is 0.478 e. The second-order valence-electron chi connectivity index (χ2n) is 6.48. The van der Waals surface area contributed by atoms with Crippen molar-refractivity contribution < 1.29 is 9.90 Å². The molecular weight excluding hydrogens is 308 g/mol. The van der Waals surface area contributed by atoms with Crippen LogP contribution < -0.4 is 0 Å². The van der Waals surface area contributed by atoms with Gasteiger partial charge in [0.15, 0.2) is 0 Å². The molecule has 25 heavy (non-hydrogen) atoms. The molecule has 0 radical (unpaired) electrons. The van der Waals surface area contributed by atoms with Crippen molar-refractivity contribution in [2.45, 2.75) is 13.3 Å². The summed E-state index contributed by atoms with van der Waals surface area (Å²) in [5.74, 6) is -0.853. The summed E-state index contributed by atoms with van der Waals surface area (Å²) < 4.78 is 0. The SMILES string of the molecule is Cc1cc2c(c(C(=O)O)c1)CC(c1ccc(-c3ccccc3)cc1)=C2. The Hall–Kier alpha value is -3.13. The molecule has 1 N–H and O–H groups in total. The van der Waals surface area contributed by atoms with E-state index in [9.17, 15) is 9.90 Å². The number of hydrogen-bond donors (Lipinski definition) is 1. The zero-order valence-corrected chi connectivity index (χ0v) is 14.0. The van der Waals surface area contributed by atoms with Gasteiger partial charge >= 0.3 is 5.97 Å². The molecule has 0 aromatic heterocycles. The first-order chi connectivity index (χ1) is 12.1. The van der Waals surface area contributed by atoms with Crippen LogP contribution in [0.5, 0.6) is 0 Å². The third-order valence-electron chi connectivity index (χ3n) is 4.72. The summed E-state index contributed by atoms with van der Waals surface area (Å²) in [5.41, 5.74) is 8.03. The molecule has 0 atom stereocenters. The van der Waals surface area contributed by atoms with Crippen LogP contribution in [0.3, 0.4) is 0 Å². The first-order valence-electron chi connectivity index (χ1n) is 8.35. The van der Waals surface area contributed by atoms with E-state index in [1.54, 1.807) is 6.07 Å². The van der Waals surface area contributed by atoms with Crippen molar-refractivity contribution in [2.75, 3.05) is 0 Å². The number of carboxylic acids is 1. The highest BCUT2D eigenvalue weighted by Crippen LogP contribution is 2.35. The van der Waals surface area contributed by atoms with E-state index in [-0.39, 0.29) is 0 Å². The molecule has 0 heterocycles. The molecule has 0 saturated carbocycles. The van der Waals surface area contributed by atoms with E-state index < -0.39 is 5.97 Å². The van der Waals surface area contributed by atoms with Crippen LogP contribution in [0.15, 0.2) is 66.7 Å². The second-order valence-corrected chi connectivity index (χ2v) is 6.48. The zero-order valence-electron chi connectivity index (χ0n) is 14.0. The minimum atomic E-state index is -0.853. The first kappa shape index (κ1) is 15.4. The van der Waals surface area contributed by atoms with E-state index in [1.807, 2.05) is 25.1 Å². The lowest BCUT2D eigenvalue weighted by atomic mass is 9.97. The van der Waals surface area contributed by atoms with E-state index in [0.717, 1.165) is 22.3 Å². The van der Waals surface area contributed by atoms with Gasteiger partial charge < -0.3 is 5.11 Å². The Morgan fingerprint density at radius 3 is 2.20 bits per heavy atom. The highest BCUT2D eigenvalue weighted by Gasteiger charge is 2.21. The number of aryl methyl sites for hydroxylation is 1. The van der Waals surface area contributed by atoms with Gasteiger partial charge in [-0.3, -0.25) is 0 Å². The van der Waals surface area contributed by atoms with Gasteiger partial charge in [-0.05, 0) is 58.4 Å². The molecule has 1 aliphatic carbocycles. The number of benzene rings is 3. The maximum atomic E-state index is 11.5. The Labute approximate surface area is 147 Å².